The minimum absolute atomic E-state index is 0. The van der Waals surface area contributed by atoms with Gasteiger partial charge >= 0.3 is 0 Å². The van der Waals surface area contributed by atoms with E-state index in [-0.39, 0.29) is 24.0 Å². The third kappa shape index (κ3) is 4.02. The number of pyridine rings is 2. The van der Waals surface area contributed by atoms with Gasteiger partial charge in [0, 0.05) is 25.1 Å². The van der Waals surface area contributed by atoms with E-state index < -0.39 is 0 Å². The van der Waals surface area contributed by atoms with Crippen molar-refractivity contribution in [2.75, 3.05) is 7.05 Å². The van der Waals surface area contributed by atoms with Crippen LogP contribution < -0.4 is 10.6 Å². The van der Waals surface area contributed by atoms with E-state index in [4.69, 9.17) is 0 Å². The maximum Gasteiger partial charge on any atom is 0.191 e. The average molecular weight is 476 g/mol. The van der Waals surface area contributed by atoms with Crippen LogP contribution in [-0.2, 0) is 13.1 Å². The number of nitrogens with zero attached hydrogens (tertiary/aromatic N) is 6. The zero-order chi connectivity index (χ0) is 17.9. The number of guanidine groups is 1. The minimum atomic E-state index is 0. The fraction of sp³-hybridized carbons (Fsp3) is 0.222. The first-order chi connectivity index (χ1) is 12.7. The van der Waals surface area contributed by atoms with Crippen molar-refractivity contribution in [2.24, 2.45) is 4.99 Å². The summed E-state index contributed by atoms with van der Waals surface area (Å²) in [5.41, 5.74) is 3.88. The second-order valence-electron chi connectivity index (χ2n) is 5.95. The molecule has 2 N–H and O–H groups in total. The third-order valence-electron chi connectivity index (χ3n) is 4.20. The van der Waals surface area contributed by atoms with Gasteiger partial charge in [0.2, 0.25) is 0 Å². The Morgan fingerprint density at radius 2 is 1.81 bits per heavy atom. The van der Waals surface area contributed by atoms with Crippen molar-refractivity contribution in [3.8, 4) is 0 Å². The average Bonchev–Trinajstić information content (AvgIpc) is 3.27. The van der Waals surface area contributed by atoms with Crippen LogP contribution in [0.2, 0.25) is 0 Å². The highest BCUT2D eigenvalue weighted by atomic mass is 127. The van der Waals surface area contributed by atoms with Gasteiger partial charge in [-0.1, -0.05) is 12.1 Å². The molecule has 4 rings (SSSR count). The van der Waals surface area contributed by atoms with E-state index in [0.717, 1.165) is 28.5 Å². The molecule has 0 bridgehead atoms. The molecule has 0 aliphatic carbocycles. The number of aromatic nitrogens is 5. The van der Waals surface area contributed by atoms with E-state index in [0.29, 0.717) is 19.0 Å². The van der Waals surface area contributed by atoms with Crippen LogP contribution in [0.4, 0.5) is 0 Å². The van der Waals surface area contributed by atoms with E-state index in [1.165, 1.54) is 0 Å². The first-order valence-corrected chi connectivity index (χ1v) is 8.41. The van der Waals surface area contributed by atoms with E-state index in [2.05, 4.69) is 48.2 Å². The molecule has 4 heterocycles. The minimum Gasteiger partial charge on any atom is -0.351 e. The first-order valence-electron chi connectivity index (χ1n) is 8.41. The van der Waals surface area contributed by atoms with E-state index >= 15 is 0 Å². The lowest BCUT2D eigenvalue weighted by atomic mass is 10.4. The number of nitrogens with one attached hydrogen (secondary N) is 2. The summed E-state index contributed by atoms with van der Waals surface area (Å²) >= 11 is 0. The van der Waals surface area contributed by atoms with E-state index in [9.17, 15) is 0 Å². The molecule has 0 radical (unpaired) electrons. The molecule has 0 saturated heterocycles. The quantitative estimate of drug-likeness (QED) is 0.268. The van der Waals surface area contributed by atoms with Crippen molar-refractivity contribution >= 4 is 41.2 Å². The van der Waals surface area contributed by atoms with Gasteiger partial charge in [-0.25, -0.2) is 4.98 Å². The van der Waals surface area contributed by atoms with Crippen molar-refractivity contribution in [3.63, 3.8) is 0 Å². The van der Waals surface area contributed by atoms with Crippen LogP contribution in [0, 0.1) is 6.92 Å². The number of aliphatic imine (C=N–C) groups is 1. The third-order valence-corrected chi connectivity index (χ3v) is 4.20. The second kappa shape index (κ2) is 8.33. The molecule has 4 aromatic heterocycles. The van der Waals surface area contributed by atoms with Gasteiger partial charge < -0.3 is 15.0 Å². The molecule has 0 aromatic carbocycles. The molecule has 0 saturated carbocycles. The molecule has 0 aliphatic heterocycles. The van der Waals surface area contributed by atoms with Gasteiger partial charge in [0.1, 0.15) is 5.65 Å². The SMILES string of the molecule is CN=C(NCc1cn2c(C)cccc2n1)NCc1nnc2ccccn12.I. The summed E-state index contributed by atoms with van der Waals surface area (Å²) in [6.45, 7) is 3.17. The van der Waals surface area contributed by atoms with Gasteiger partial charge in [0.15, 0.2) is 17.4 Å². The van der Waals surface area contributed by atoms with Crippen LogP contribution in [0.25, 0.3) is 11.3 Å². The van der Waals surface area contributed by atoms with Gasteiger partial charge in [-0.05, 0) is 31.2 Å². The predicted molar refractivity (Wildman–Crippen MR) is 115 cm³/mol. The topological polar surface area (TPSA) is 83.9 Å². The van der Waals surface area contributed by atoms with E-state index in [1.54, 1.807) is 7.05 Å². The number of hydrogen-bond acceptors (Lipinski definition) is 4. The molecule has 9 heteroatoms. The maximum absolute atomic E-state index is 4.62. The Kier molecular flexibility index (Phi) is 5.89. The molecule has 0 atom stereocenters. The zero-order valence-electron chi connectivity index (χ0n) is 15.1. The molecule has 0 unspecified atom stereocenters. The fourth-order valence-electron chi connectivity index (χ4n) is 2.85. The summed E-state index contributed by atoms with van der Waals surface area (Å²) in [7, 11) is 1.74. The van der Waals surface area contributed by atoms with Crippen LogP contribution in [0.15, 0.2) is 53.8 Å². The normalized spacial score (nSPS) is 11.6. The van der Waals surface area contributed by atoms with Crippen molar-refractivity contribution in [1.82, 2.24) is 34.6 Å². The number of imidazole rings is 1. The Balaban J connectivity index is 0.00000210. The van der Waals surface area contributed by atoms with Crippen LogP contribution in [0.3, 0.4) is 0 Å². The standard InChI is InChI=1S/C18H20N8.HI/c1-13-6-5-8-15-22-14(12-26(13)15)10-20-18(19-2)21-11-17-24-23-16-7-3-4-9-25(16)17;/h3-9,12H,10-11H2,1-2H3,(H2,19,20,21);1H. The van der Waals surface area contributed by atoms with Crippen LogP contribution in [0.1, 0.15) is 17.2 Å². The molecular weight excluding hydrogens is 455 g/mol. The summed E-state index contributed by atoms with van der Waals surface area (Å²) in [5, 5.41) is 14.9. The molecule has 140 valence electrons. The summed E-state index contributed by atoms with van der Waals surface area (Å²) in [5.74, 6) is 1.51. The first kappa shape index (κ1) is 19.1. The Bertz CT molecular complexity index is 1080. The molecule has 8 nitrogen and oxygen atoms in total. The highest BCUT2D eigenvalue weighted by Gasteiger charge is 2.07. The van der Waals surface area contributed by atoms with Crippen LogP contribution in [0.5, 0.6) is 0 Å². The Hall–Kier alpha value is -2.69. The lowest BCUT2D eigenvalue weighted by molar-refractivity contribution is 0.758. The number of halogens is 1. The summed E-state index contributed by atoms with van der Waals surface area (Å²) in [6, 6.07) is 11.9. The molecule has 0 fully saturated rings. The van der Waals surface area contributed by atoms with Gasteiger partial charge in [-0.3, -0.25) is 9.39 Å². The molecular formula is C18H21IN8. The van der Waals surface area contributed by atoms with Crippen molar-refractivity contribution in [3.05, 3.63) is 66.0 Å². The second-order valence-corrected chi connectivity index (χ2v) is 5.95. The maximum atomic E-state index is 4.62. The highest BCUT2D eigenvalue weighted by Crippen LogP contribution is 2.08. The van der Waals surface area contributed by atoms with Crippen LogP contribution >= 0.6 is 24.0 Å². The van der Waals surface area contributed by atoms with Gasteiger partial charge in [0.25, 0.3) is 0 Å². The summed E-state index contributed by atoms with van der Waals surface area (Å²) in [4.78, 5) is 8.88. The number of aryl methyl sites for hydroxylation is 1. The van der Waals surface area contributed by atoms with Gasteiger partial charge in [-0.15, -0.1) is 34.2 Å². The Morgan fingerprint density at radius 1 is 1.00 bits per heavy atom. The van der Waals surface area contributed by atoms with Crippen LogP contribution in [-0.4, -0.2) is 37.0 Å². The highest BCUT2D eigenvalue weighted by molar-refractivity contribution is 14.0. The Labute approximate surface area is 173 Å². The largest absolute Gasteiger partial charge is 0.351 e. The molecule has 0 amide bonds. The summed E-state index contributed by atoms with van der Waals surface area (Å²) < 4.78 is 4.03. The molecule has 0 aliphatic rings. The van der Waals surface area contributed by atoms with Gasteiger partial charge in [0.05, 0.1) is 18.8 Å². The lowest BCUT2D eigenvalue weighted by Gasteiger charge is -2.10. The molecule has 27 heavy (non-hydrogen) atoms. The smallest absolute Gasteiger partial charge is 0.191 e. The summed E-state index contributed by atoms with van der Waals surface area (Å²) in [6.07, 6.45) is 3.98. The van der Waals surface area contributed by atoms with Crippen molar-refractivity contribution in [1.29, 1.82) is 0 Å². The van der Waals surface area contributed by atoms with Crippen molar-refractivity contribution in [2.45, 2.75) is 20.0 Å². The predicted octanol–water partition coefficient (Wildman–Crippen LogP) is 2.17. The lowest BCUT2D eigenvalue weighted by Crippen LogP contribution is -2.36. The van der Waals surface area contributed by atoms with Crippen molar-refractivity contribution < 1.29 is 0 Å². The molecule has 4 aromatic rings. The monoisotopic (exact) mass is 476 g/mol. The number of fused-ring (bicyclic) bond motifs is 2. The Morgan fingerprint density at radius 3 is 2.63 bits per heavy atom. The number of rotatable bonds is 4. The number of hydrogen-bond donors (Lipinski definition) is 2. The van der Waals surface area contributed by atoms with Gasteiger partial charge in [-0.2, -0.15) is 0 Å². The fourth-order valence-corrected chi connectivity index (χ4v) is 2.85. The van der Waals surface area contributed by atoms with E-state index in [1.807, 2.05) is 47.1 Å². The zero-order valence-corrected chi connectivity index (χ0v) is 17.5. The molecule has 0 spiro atoms.